The van der Waals surface area contributed by atoms with E-state index in [2.05, 4.69) is 30.6 Å². The number of rotatable bonds is 7. The number of fused-ring (bicyclic) bond motifs is 1. The first-order valence-electron chi connectivity index (χ1n) is 8.50. The predicted molar refractivity (Wildman–Crippen MR) is 97.7 cm³/mol. The van der Waals surface area contributed by atoms with Gasteiger partial charge >= 0.3 is 6.61 Å². The second kappa shape index (κ2) is 8.93. The van der Waals surface area contributed by atoms with Crippen LogP contribution in [0.2, 0.25) is 0 Å². The maximum Gasteiger partial charge on any atom is 0.387 e. The SMILES string of the molecule is CCNC(=NCc1cccc(OC(F)F)c1)NCc1nnc2ccccn12. The van der Waals surface area contributed by atoms with Crippen molar-refractivity contribution in [2.45, 2.75) is 26.6 Å². The van der Waals surface area contributed by atoms with Gasteiger partial charge in [0, 0.05) is 12.7 Å². The van der Waals surface area contributed by atoms with Crippen molar-refractivity contribution in [3.63, 3.8) is 0 Å². The second-order valence-electron chi connectivity index (χ2n) is 5.62. The first-order chi connectivity index (χ1) is 13.2. The molecule has 0 fully saturated rings. The fourth-order valence-corrected chi connectivity index (χ4v) is 2.51. The molecule has 1 aromatic carbocycles. The van der Waals surface area contributed by atoms with Crippen molar-refractivity contribution >= 4 is 11.6 Å². The molecule has 3 aromatic rings. The van der Waals surface area contributed by atoms with Crippen LogP contribution in [0.1, 0.15) is 18.3 Å². The van der Waals surface area contributed by atoms with Crippen LogP contribution >= 0.6 is 0 Å². The summed E-state index contributed by atoms with van der Waals surface area (Å²) in [6.45, 7) is 0.546. The number of halogens is 2. The van der Waals surface area contributed by atoms with E-state index in [1.807, 2.05) is 35.7 Å². The zero-order chi connectivity index (χ0) is 19.1. The molecule has 9 heteroatoms. The molecule has 142 valence electrons. The molecule has 3 rings (SSSR count). The maximum absolute atomic E-state index is 12.3. The Hall–Kier alpha value is -3.23. The molecular formula is C18H20F2N6O. The van der Waals surface area contributed by atoms with E-state index in [1.165, 1.54) is 6.07 Å². The molecule has 0 saturated carbocycles. The molecule has 27 heavy (non-hydrogen) atoms. The van der Waals surface area contributed by atoms with Gasteiger partial charge in [-0.1, -0.05) is 18.2 Å². The number of alkyl halides is 2. The van der Waals surface area contributed by atoms with Gasteiger partial charge in [0.1, 0.15) is 5.75 Å². The normalized spacial score (nSPS) is 11.8. The van der Waals surface area contributed by atoms with E-state index in [1.54, 1.807) is 18.2 Å². The lowest BCUT2D eigenvalue weighted by Crippen LogP contribution is -2.37. The third-order valence-corrected chi connectivity index (χ3v) is 3.69. The number of aliphatic imine (C=N–C) groups is 1. The fraction of sp³-hybridized carbons (Fsp3) is 0.278. The van der Waals surface area contributed by atoms with Gasteiger partial charge in [0.25, 0.3) is 0 Å². The van der Waals surface area contributed by atoms with Crippen molar-refractivity contribution in [3.8, 4) is 5.75 Å². The van der Waals surface area contributed by atoms with E-state index in [4.69, 9.17) is 0 Å². The molecular weight excluding hydrogens is 354 g/mol. The third kappa shape index (κ3) is 5.13. The van der Waals surface area contributed by atoms with E-state index in [0.29, 0.717) is 25.6 Å². The van der Waals surface area contributed by atoms with Crippen LogP contribution in [0.25, 0.3) is 5.65 Å². The zero-order valence-electron chi connectivity index (χ0n) is 14.8. The predicted octanol–water partition coefficient (Wildman–Crippen LogP) is 2.59. The lowest BCUT2D eigenvalue weighted by Gasteiger charge is -2.11. The number of aromatic nitrogens is 3. The van der Waals surface area contributed by atoms with Crippen LogP contribution in [-0.2, 0) is 13.1 Å². The van der Waals surface area contributed by atoms with E-state index >= 15 is 0 Å². The van der Waals surface area contributed by atoms with Gasteiger partial charge in [-0.25, -0.2) is 4.99 Å². The van der Waals surface area contributed by atoms with Crippen molar-refractivity contribution in [1.82, 2.24) is 25.2 Å². The summed E-state index contributed by atoms with van der Waals surface area (Å²) in [4.78, 5) is 4.48. The van der Waals surface area contributed by atoms with Crippen molar-refractivity contribution in [2.24, 2.45) is 4.99 Å². The molecule has 0 amide bonds. The van der Waals surface area contributed by atoms with E-state index in [0.717, 1.165) is 17.0 Å². The Morgan fingerprint density at radius 2 is 2.07 bits per heavy atom. The van der Waals surface area contributed by atoms with Crippen LogP contribution < -0.4 is 15.4 Å². The summed E-state index contributed by atoms with van der Waals surface area (Å²) in [5.41, 5.74) is 1.53. The molecule has 0 aliphatic rings. The molecule has 2 heterocycles. The van der Waals surface area contributed by atoms with Gasteiger partial charge in [-0.2, -0.15) is 8.78 Å². The number of pyridine rings is 1. The Bertz CT molecular complexity index is 912. The first kappa shape index (κ1) is 18.6. The van der Waals surface area contributed by atoms with E-state index in [-0.39, 0.29) is 5.75 Å². The molecule has 7 nitrogen and oxygen atoms in total. The third-order valence-electron chi connectivity index (χ3n) is 3.69. The molecule has 0 saturated heterocycles. The van der Waals surface area contributed by atoms with Gasteiger partial charge in [-0.05, 0) is 36.8 Å². The summed E-state index contributed by atoms with van der Waals surface area (Å²) in [6, 6.07) is 12.2. The van der Waals surface area contributed by atoms with Crippen molar-refractivity contribution < 1.29 is 13.5 Å². The molecule has 2 aromatic heterocycles. The Labute approximate surface area is 155 Å². The quantitative estimate of drug-likeness (QED) is 0.491. The average molecular weight is 374 g/mol. The molecule has 0 bridgehead atoms. The molecule has 0 spiro atoms. The van der Waals surface area contributed by atoms with Crippen LogP contribution in [0.3, 0.4) is 0 Å². The zero-order valence-corrected chi connectivity index (χ0v) is 14.8. The standard InChI is InChI=1S/C18H20F2N6O/c1-2-21-18(22-11-13-6-5-7-14(10-13)27-17(19)20)23-12-16-25-24-15-8-3-4-9-26(15)16/h3-10,17H,2,11-12H2,1H3,(H2,21,22,23). The van der Waals surface area contributed by atoms with Gasteiger partial charge in [-0.3, -0.25) is 4.40 Å². The Kier molecular flexibility index (Phi) is 6.14. The van der Waals surface area contributed by atoms with Crippen molar-refractivity contribution in [3.05, 3.63) is 60.0 Å². The minimum absolute atomic E-state index is 0.116. The van der Waals surface area contributed by atoms with Crippen molar-refractivity contribution in [1.29, 1.82) is 0 Å². The number of hydrogen-bond acceptors (Lipinski definition) is 4. The summed E-state index contributed by atoms with van der Waals surface area (Å²) in [5.74, 6) is 1.46. The Morgan fingerprint density at radius 1 is 1.19 bits per heavy atom. The van der Waals surface area contributed by atoms with Crippen LogP contribution in [0, 0.1) is 0 Å². The van der Waals surface area contributed by atoms with Crippen LogP contribution in [-0.4, -0.2) is 33.7 Å². The highest BCUT2D eigenvalue weighted by molar-refractivity contribution is 5.79. The van der Waals surface area contributed by atoms with Gasteiger partial charge in [0.15, 0.2) is 17.4 Å². The molecule has 2 N–H and O–H groups in total. The molecule has 0 unspecified atom stereocenters. The highest BCUT2D eigenvalue weighted by Crippen LogP contribution is 2.16. The summed E-state index contributed by atoms with van der Waals surface area (Å²) < 4.78 is 31.0. The van der Waals surface area contributed by atoms with E-state index < -0.39 is 6.61 Å². The Morgan fingerprint density at radius 3 is 2.89 bits per heavy atom. The summed E-state index contributed by atoms with van der Waals surface area (Å²) >= 11 is 0. The average Bonchev–Trinajstić information content (AvgIpc) is 3.07. The van der Waals surface area contributed by atoms with E-state index in [9.17, 15) is 8.78 Å². The summed E-state index contributed by atoms with van der Waals surface area (Å²) in [6.07, 6.45) is 1.89. The Balaban J connectivity index is 1.66. The lowest BCUT2D eigenvalue weighted by atomic mass is 10.2. The summed E-state index contributed by atoms with van der Waals surface area (Å²) in [7, 11) is 0. The largest absolute Gasteiger partial charge is 0.435 e. The minimum Gasteiger partial charge on any atom is -0.435 e. The smallest absolute Gasteiger partial charge is 0.387 e. The van der Waals surface area contributed by atoms with Gasteiger partial charge < -0.3 is 15.4 Å². The number of ether oxygens (including phenoxy) is 1. The maximum atomic E-state index is 12.3. The summed E-state index contributed by atoms with van der Waals surface area (Å²) in [5, 5.41) is 14.6. The number of hydrogen-bond donors (Lipinski definition) is 2. The number of guanidine groups is 1. The monoisotopic (exact) mass is 374 g/mol. The fourth-order valence-electron chi connectivity index (χ4n) is 2.51. The highest BCUT2D eigenvalue weighted by Gasteiger charge is 2.07. The van der Waals surface area contributed by atoms with Gasteiger partial charge in [-0.15, -0.1) is 10.2 Å². The molecule has 0 radical (unpaired) electrons. The molecule has 0 atom stereocenters. The van der Waals surface area contributed by atoms with Crippen molar-refractivity contribution in [2.75, 3.05) is 6.54 Å². The number of benzene rings is 1. The molecule has 0 aliphatic heterocycles. The minimum atomic E-state index is -2.85. The van der Waals surface area contributed by atoms with Gasteiger partial charge in [0.2, 0.25) is 0 Å². The topological polar surface area (TPSA) is 75.8 Å². The van der Waals surface area contributed by atoms with Crippen LogP contribution in [0.15, 0.2) is 53.7 Å². The first-order valence-corrected chi connectivity index (χ1v) is 8.50. The number of nitrogens with one attached hydrogen (secondary N) is 2. The van der Waals surface area contributed by atoms with Gasteiger partial charge in [0.05, 0.1) is 13.1 Å². The molecule has 0 aliphatic carbocycles. The van der Waals surface area contributed by atoms with Crippen LogP contribution in [0.5, 0.6) is 5.75 Å². The second-order valence-corrected chi connectivity index (χ2v) is 5.62. The lowest BCUT2D eigenvalue weighted by molar-refractivity contribution is -0.0498. The number of nitrogens with zero attached hydrogens (tertiary/aromatic N) is 4. The van der Waals surface area contributed by atoms with Crippen LogP contribution in [0.4, 0.5) is 8.78 Å². The highest BCUT2D eigenvalue weighted by atomic mass is 19.3.